The molecule has 1 heterocycles. The Kier molecular flexibility index (Phi) is 2.96. The lowest BCUT2D eigenvalue weighted by Crippen LogP contribution is -2.08. The molecule has 0 radical (unpaired) electrons. The molecule has 1 aliphatic rings. The lowest BCUT2D eigenvalue weighted by molar-refractivity contribution is -0.138. The van der Waals surface area contributed by atoms with E-state index in [1.54, 1.807) is 12.3 Å². The van der Waals surface area contributed by atoms with Gasteiger partial charge in [0.25, 0.3) is 0 Å². The van der Waals surface area contributed by atoms with E-state index in [4.69, 9.17) is 0 Å². The summed E-state index contributed by atoms with van der Waals surface area (Å²) in [6.45, 7) is 1.46. The molecule has 0 saturated heterocycles. The van der Waals surface area contributed by atoms with Gasteiger partial charge in [-0.3, -0.25) is 0 Å². The SMILES string of the molecule is Cc1ccc(Nc2nccn2C2CC2)cc1C(F)(F)F. The fraction of sp³-hybridized carbons (Fsp3) is 0.357. The summed E-state index contributed by atoms with van der Waals surface area (Å²) in [5.41, 5.74) is -0.00311. The van der Waals surface area contributed by atoms with Crippen LogP contribution >= 0.6 is 0 Å². The van der Waals surface area contributed by atoms with Crippen LogP contribution in [0.25, 0.3) is 0 Å². The van der Waals surface area contributed by atoms with Crippen molar-refractivity contribution in [2.24, 2.45) is 0 Å². The minimum absolute atomic E-state index is 0.216. The standard InChI is InChI=1S/C14H14F3N3/c1-9-2-3-10(8-12(9)14(15,16)17)19-13-18-6-7-20(13)11-4-5-11/h2-3,6-8,11H,4-5H2,1H3,(H,18,19). The van der Waals surface area contributed by atoms with Crippen LogP contribution in [-0.2, 0) is 6.18 Å². The number of rotatable bonds is 3. The second kappa shape index (κ2) is 4.54. The Morgan fingerprint density at radius 3 is 2.70 bits per heavy atom. The van der Waals surface area contributed by atoms with E-state index >= 15 is 0 Å². The van der Waals surface area contributed by atoms with Gasteiger partial charge in [-0.1, -0.05) is 6.07 Å². The predicted molar refractivity (Wildman–Crippen MR) is 70.0 cm³/mol. The maximum atomic E-state index is 12.9. The van der Waals surface area contributed by atoms with Crippen LogP contribution < -0.4 is 5.32 Å². The Balaban J connectivity index is 1.89. The normalized spacial score (nSPS) is 15.4. The van der Waals surface area contributed by atoms with Crippen LogP contribution in [0.4, 0.5) is 24.8 Å². The zero-order valence-corrected chi connectivity index (χ0v) is 10.9. The fourth-order valence-corrected chi connectivity index (χ4v) is 2.19. The fourth-order valence-electron chi connectivity index (χ4n) is 2.19. The van der Waals surface area contributed by atoms with Crippen molar-refractivity contribution in [3.63, 3.8) is 0 Å². The average Bonchev–Trinajstić information content (AvgIpc) is 3.11. The minimum Gasteiger partial charge on any atom is -0.326 e. The molecule has 1 aromatic heterocycles. The van der Waals surface area contributed by atoms with Crippen LogP contribution in [0.15, 0.2) is 30.6 Å². The van der Waals surface area contributed by atoms with Crippen LogP contribution in [0.2, 0.25) is 0 Å². The average molecular weight is 281 g/mol. The zero-order chi connectivity index (χ0) is 14.3. The summed E-state index contributed by atoms with van der Waals surface area (Å²) in [6, 6.07) is 4.65. The highest BCUT2D eigenvalue weighted by atomic mass is 19.4. The molecule has 0 aliphatic heterocycles. The van der Waals surface area contributed by atoms with Crippen LogP contribution in [0, 0.1) is 6.92 Å². The second-order valence-electron chi connectivity index (χ2n) is 5.04. The molecule has 0 atom stereocenters. The van der Waals surface area contributed by atoms with E-state index in [0.717, 1.165) is 18.9 Å². The molecule has 3 nitrogen and oxygen atoms in total. The van der Waals surface area contributed by atoms with Crippen molar-refractivity contribution in [2.75, 3.05) is 5.32 Å². The highest BCUT2D eigenvalue weighted by Crippen LogP contribution is 2.38. The van der Waals surface area contributed by atoms with Crippen molar-refractivity contribution in [1.29, 1.82) is 0 Å². The minimum atomic E-state index is -4.34. The van der Waals surface area contributed by atoms with Crippen molar-refractivity contribution < 1.29 is 13.2 Å². The number of aromatic nitrogens is 2. The number of hydrogen-bond acceptors (Lipinski definition) is 2. The number of aryl methyl sites for hydroxylation is 1. The molecule has 0 unspecified atom stereocenters. The third-order valence-corrected chi connectivity index (χ3v) is 3.41. The van der Waals surface area contributed by atoms with Crippen LogP contribution in [-0.4, -0.2) is 9.55 Å². The quantitative estimate of drug-likeness (QED) is 0.909. The van der Waals surface area contributed by atoms with Gasteiger partial charge in [0, 0.05) is 24.1 Å². The summed E-state index contributed by atoms with van der Waals surface area (Å²) >= 11 is 0. The van der Waals surface area contributed by atoms with Gasteiger partial charge in [-0.05, 0) is 37.5 Å². The van der Waals surface area contributed by atoms with Crippen LogP contribution in [0.3, 0.4) is 0 Å². The molecule has 1 N–H and O–H groups in total. The van der Waals surface area contributed by atoms with E-state index in [2.05, 4.69) is 10.3 Å². The number of nitrogens with zero attached hydrogens (tertiary/aromatic N) is 2. The first kappa shape index (κ1) is 13.0. The molecule has 1 aliphatic carbocycles. The maximum Gasteiger partial charge on any atom is 0.416 e. The lowest BCUT2D eigenvalue weighted by Gasteiger charge is -2.13. The van der Waals surface area contributed by atoms with E-state index in [1.165, 1.54) is 13.0 Å². The molecule has 1 saturated carbocycles. The molecule has 1 fully saturated rings. The molecule has 6 heteroatoms. The molecule has 0 bridgehead atoms. The predicted octanol–water partition coefficient (Wildman–Crippen LogP) is 4.29. The molecule has 20 heavy (non-hydrogen) atoms. The summed E-state index contributed by atoms with van der Waals surface area (Å²) < 4.78 is 40.6. The first-order chi connectivity index (χ1) is 9.45. The molecular formula is C14H14F3N3. The van der Waals surface area contributed by atoms with Crippen molar-refractivity contribution in [2.45, 2.75) is 32.0 Å². The van der Waals surface area contributed by atoms with Gasteiger partial charge in [-0.2, -0.15) is 13.2 Å². The highest BCUT2D eigenvalue weighted by Gasteiger charge is 2.32. The van der Waals surface area contributed by atoms with Gasteiger partial charge in [-0.25, -0.2) is 4.98 Å². The van der Waals surface area contributed by atoms with Crippen molar-refractivity contribution >= 4 is 11.6 Å². The van der Waals surface area contributed by atoms with E-state index in [-0.39, 0.29) is 5.56 Å². The highest BCUT2D eigenvalue weighted by molar-refractivity contribution is 5.56. The molecule has 106 valence electrons. The van der Waals surface area contributed by atoms with E-state index in [1.807, 2.05) is 10.8 Å². The third-order valence-electron chi connectivity index (χ3n) is 3.41. The maximum absolute atomic E-state index is 12.9. The first-order valence-electron chi connectivity index (χ1n) is 6.43. The molecule has 3 rings (SSSR count). The number of hydrogen-bond donors (Lipinski definition) is 1. The molecule has 0 spiro atoms. The van der Waals surface area contributed by atoms with Gasteiger partial charge < -0.3 is 9.88 Å². The Labute approximate surface area is 114 Å². The third kappa shape index (κ3) is 2.50. The topological polar surface area (TPSA) is 29.9 Å². The smallest absolute Gasteiger partial charge is 0.326 e. The summed E-state index contributed by atoms with van der Waals surface area (Å²) in [7, 11) is 0. The molecule has 1 aromatic carbocycles. The molecule has 2 aromatic rings. The van der Waals surface area contributed by atoms with Gasteiger partial charge in [0.15, 0.2) is 0 Å². The first-order valence-corrected chi connectivity index (χ1v) is 6.43. The van der Waals surface area contributed by atoms with E-state index < -0.39 is 11.7 Å². The van der Waals surface area contributed by atoms with E-state index in [0.29, 0.717) is 17.7 Å². The number of nitrogens with one attached hydrogen (secondary N) is 1. The summed E-state index contributed by atoms with van der Waals surface area (Å²) in [5, 5.41) is 2.97. The van der Waals surface area contributed by atoms with Gasteiger partial charge >= 0.3 is 6.18 Å². The lowest BCUT2D eigenvalue weighted by atomic mass is 10.1. The van der Waals surface area contributed by atoms with Gasteiger partial charge in [-0.15, -0.1) is 0 Å². The van der Waals surface area contributed by atoms with E-state index in [9.17, 15) is 13.2 Å². The van der Waals surface area contributed by atoms with Crippen molar-refractivity contribution in [1.82, 2.24) is 9.55 Å². The molecule has 0 amide bonds. The Hall–Kier alpha value is -1.98. The summed E-state index contributed by atoms with van der Waals surface area (Å²) in [5.74, 6) is 0.587. The Morgan fingerprint density at radius 2 is 2.05 bits per heavy atom. The molecular weight excluding hydrogens is 267 g/mol. The number of imidazole rings is 1. The monoisotopic (exact) mass is 281 g/mol. The van der Waals surface area contributed by atoms with Gasteiger partial charge in [0.05, 0.1) is 5.56 Å². The van der Waals surface area contributed by atoms with Crippen molar-refractivity contribution in [3.05, 3.63) is 41.7 Å². The summed E-state index contributed by atoms with van der Waals surface area (Å²) in [6.07, 6.45) is 1.34. The number of anilines is 2. The number of benzene rings is 1. The Bertz CT molecular complexity index is 627. The van der Waals surface area contributed by atoms with Crippen LogP contribution in [0.1, 0.15) is 30.0 Å². The largest absolute Gasteiger partial charge is 0.416 e. The number of halogens is 3. The van der Waals surface area contributed by atoms with Gasteiger partial charge in [0.2, 0.25) is 5.95 Å². The van der Waals surface area contributed by atoms with Crippen molar-refractivity contribution in [3.8, 4) is 0 Å². The van der Waals surface area contributed by atoms with Gasteiger partial charge in [0.1, 0.15) is 0 Å². The second-order valence-corrected chi connectivity index (χ2v) is 5.04. The summed E-state index contributed by atoms with van der Waals surface area (Å²) in [4.78, 5) is 4.16. The Morgan fingerprint density at radius 1 is 1.30 bits per heavy atom. The zero-order valence-electron chi connectivity index (χ0n) is 10.9. The number of alkyl halides is 3. The van der Waals surface area contributed by atoms with Crippen LogP contribution in [0.5, 0.6) is 0 Å².